The van der Waals surface area contributed by atoms with Crippen LogP contribution in [0.1, 0.15) is 105 Å². The van der Waals surface area contributed by atoms with Crippen LogP contribution >= 0.6 is 0 Å². The zero-order valence-corrected chi connectivity index (χ0v) is 22.3. The van der Waals surface area contributed by atoms with Crippen LogP contribution < -0.4 is 37.7 Å². The van der Waals surface area contributed by atoms with Gasteiger partial charge in [-0.3, -0.25) is 0 Å². The van der Waals surface area contributed by atoms with Gasteiger partial charge < -0.3 is 37.2 Å². The van der Waals surface area contributed by atoms with Gasteiger partial charge in [-0.2, -0.15) is 25.7 Å². The van der Waals surface area contributed by atoms with E-state index in [0.29, 0.717) is 0 Å². The van der Waals surface area contributed by atoms with Crippen molar-refractivity contribution in [3.8, 4) is 0 Å². The van der Waals surface area contributed by atoms with Gasteiger partial charge in [0.1, 0.15) is 0 Å². The minimum atomic E-state index is 0. The third kappa shape index (κ3) is 92.6. The Bertz CT molecular complexity index is 120. The molecule has 0 amide bonds. The van der Waals surface area contributed by atoms with E-state index >= 15 is 0 Å². The summed E-state index contributed by atoms with van der Waals surface area (Å²) in [6.07, 6.45) is 14.2. The zero-order valence-electron chi connectivity index (χ0n) is 21.3. The van der Waals surface area contributed by atoms with Crippen LogP contribution in [0.3, 0.4) is 0 Å². The average Bonchev–Trinajstić information content (AvgIpc) is 3.46. The maximum Gasteiger partial charge on any atom is 2.00 e. The van der Waals surface area contributed by atoms with Crippen LogP contribution in [0.4, 0.5) is 0 Å². The molecule has 2 rings (SSSR count). The first-order valence-electron chi connectivity index (χ1n) is 11.0. The molecule has 172 valence electrons. The van der Waals surface area contributed by atoms with Gasteiger partial charge >= 0.3 is 54.2 Å². The standard InChI is InChI=1S/2C4H8O.4C4H9.2Li.Ni/c2*1-2-4-5-3-1;4*1-3-4-2;;;/h2*1-4H2;4*1,3-4H2,2H3;;;/q;;4*-1;2*+1;+2. The predicted octanol–water partition coefficient (Wildman–Crippen LogP) is 2.08. The van der Waals surface area contributed by atoms with Gasteiger partial charge in [0.25, 0.3) is 0 Å². The molecule has 2 heterocycles. The Morgan fingerprint density at radius 1 is 0.483 bits per heavy atom. The summed E-state index contributed by atoms with van der Waals surface area (Å²) in [5, 5.41) is 0. The molecular weight excluding hydrogens is 393 g/mol. The van der Waals surface area contributed by atoms with E-state index in [2.05, 4.69) is 55.4 Å². The van der Waals surface area contributed by atoms with E-state index in [1.165, 1.54) is 51.4 Å². The van der Waals surface area contributed by atoms with E-state index in [9.17, 15) is 0 Å². The van der Waals surface area contributed by atoms with Gasteiger partial charge in [0, 0.05) is 26.4 Å². The van der Waals surface area contributed by atoms with Crippen LogP contribution in [-0.2, 0) is 26.0 Å². The number of hydrogen-bond donors (Lipinski definition) is 0. The molecule has 2 fully saturated rings. The van der Waals surface area contributed by atoms with Crippen molar-refractivity contribution in [1.82, 2.24) is 0 Å². The molecule has 0 unspecified atom stereocenters. The van der Waals surface area contributed by atoms with Gasteiger partial charge in [0.15, 0.2) is 0 Å². The molecule has 2 aliphatic heterocycles. The molecule has 0 aromatic rings. The summed E-state index contributed by atoms with van der Waals surface area (Å²) in [5.74, 6) is 0. The molecule has 2 nitrogen and oxygen atoms in total. The summed E-state index contributed by atoms with van der Waals surface area (Å²) in [7, 11) is 0. The fraction of sp³-hybridized carbons (Fsp3) is 0.833. The molecule has 0 radical (unpaired) electrons. The number of ether oxygens (including phenoxy) is 2. The van der Waals surface area contributed by atoms with Crippen molar-refractivity contribution in [1.29, 1.82) is 0 Å². The maximum absolute atomic E-state index is 4.94. The van der Waals surface area contributed by atoms with E-state index < -0.39 is 0 Å². The molecule has 0 spiro atoms. The fourth-order valence-corrected chi connectivity index (χ4v) is 1.02. The minimum Gasteiger partial charge on any atom is -0.381 e. The molecule has 2 saturated heterocycles. The van der Waals surface area contributed by atoms with E-state index in [1.54, 1.807) is 0 Å². The Labute approximate surface area is 221 Å². The molecule has 29 heavy (non-hydrogen) atoms. The normalized spacial score (nSPS) is 12.4. The smallest absolute Gasteiger partial charge is 0.381 e. The Morgan fingerprint density at radius 2 is 0.621 bits per heavy atom. The Morgan fingerprint density at radius 3 is 0.655 bits per heavy atom. The Balaban J connectivity index is -0.0000000395. The zero-order chi connectivity index (χ0) is 20.7. The molecule has 5 heteroatoms. The van der Waals surface area contributed by atoms with Crippen molar-refractivity contribution in [2.24, 2.45) is 0 Å². The summed E-state index contributed by atoms with van der Waals surface area (Å²) >= 11 is 0. The van der Waals surface area contributed by atoms with Crippen molar-refractivity contribution in [3.05, 3.63) is 27.7 Å². The van der Waals surface area contributed by atoms with Crippen LogP contribution in [0.2, 0.25) is 0 Å². The van der Waals surface area contributed by atoms with Crippen LogP contribution in [0.5, 0.6) is 0 Å². The second-order valence-electron chi connectivity index (χ2n) is 6.05. The summed E-state index contributed by atoms with van der Waals surface area (Å²) in [6, 6.07) is 0. The topological polar surface area (TPSA) is 18.5 Å². The summed E-state index contributed by atoms with van der Waals surface area (Å²) in [6.45, 7) is 26.9. The van der Waals surface area contributed by atoms with Gasteiger partial charge in [0.2, 0.25) is 0 Å². The molecule has 0 aromatic heterocycles. The van der Waals surface area contributed by atoms with Crippen molar-refractivity contribution < 1.29 is 63.7 Å². The van der Waals surface area contributed by atoms with Gasteiger partial charge in [-0.15, -0.1) is 0 Å². The minimum absolute atomic E-state index is 0. The molecule has 0 bridgehead atoms. The van der Waals surface area contributed by atoms with Crippen LogP contribution in [-0.4, -0.2) is 26.4 Å². The number of hydrogen-bond acceptors (Lipinski definition) is 2. The number of rotatable bonds is 4. The molecule has 0 atom stereocenters. The van der Waals surface area contributed by atoms with Crippen molar-refractivity contribution >= 4 is 0 Å². The fourth-order valence-electron chi connectivity index (χ4n) is 1.02. The SMILES string of the molecule is C1CCOC1.C1CCOC1.[CH2-]CCC.[CH2-]CCC.[CH2-]CCC.[CH2-]CCC.[Li+].[Li+].[Ni+2]. The molecule has 0 aliphatic carbocycles. The van der Waals surface area contributed by atoms with E-state index in [1.807, 2.05) is 0 Å². The Kier molecular flexibility index (Phi) is 105. The second kappa shape index (κ2) is 63.0. The Hall–Kier alpha value is 1.61. The van der Waals surface area contributed by atoms with Crippen molar-refractivity contribution in [3.63, 3.8) is 0 Å². The first kappa shape index (κ1) is 48.1. The molecular formula is C24H52Li2NiO2. The third-order valence-electron chi connectivity index (χ3n) is 3.07. The molecule has 0 saturated carbocycles. The summed E-state index contributed by atoms with van der Waals surface area (Å²) in [4.78, 5) is 0. The van der Waals surface area contributed by atoms with Crippen LogP contribution in [0.25, 0.3) is 0 Å². The van der Waals surface area contributed by atoms with E-state index in [-0.39, 0.29) is 54.2 Å². The first-order chi connectivity index (χ1) is 12.7. The van der Waals surface area contributed by atoms with Crippen molar-refractivity contribution in [2.45, 2.75) is 105 Å². The monoisotopic (exact) mass is 444 g/mol. The van der Waals surface area contributed by atoms with Gasteiger partial charge in [-0.25, -0.2) is 0 Å². The summed E-state index contributed by atoms with van der Waals surface area (Å²) < 4.78 is 9.89. The van der Waals surface area contributed by atoms with Gasteiger partial charge in [0.05, 0.1) is 0 Å². The first-order valence-corrected chi connectivity index (χ1v) is 11.0. The third-order valence-corrected chi connectivity index (χ3v) is 3.07. The molecule has 0 N–H and O–H groups in total. The van der Waals surface area contributed by atoms with Crippen LogP contribution in [0.15, 0.2) is 0 Å². The quantitative estimate of drug-likeness (QED) is 0.488. The second-order valence-corrected chi connectivity index (χ2v) is 6.05. The van der Waals surface area contributed by atoms with Crippen molar-refractivity contribution in [2.75, 3.05) is 26.4 Å². The molecule has 0 aromatic carbocycles. The molecule has 2 aliphatic rings. The summed E-state index contributed by atoms with van der Waals surface area (Å²) in [5.41, 5.74) is 0. The predicted molar refractivity (Wildman–Crippen MR) is 121 cm³/mol. The van der Waals surface area contributed by atoms with E-state index in [0.717, 1.165) is 52.1 Å². The number of unbranched alkanes of at least 4 members (excludes halogenated alkanes) is 4. The average molecular weight is 445 g/mol. The van der Waals surface area contributed by atoms with Gasteiger partial charge in [-0.1, -0.05) is 53.4 Å². The van der Waals surface area contributed by atoms with Gasteiger partial charge in [-0.05, 0) is 25.7 Å². The maximum atomic E-state index is 4.94. The van der Waals surface area contributed by atoms with E-state index in [4.69, 9.17) is 9.47 Å². The largest absolute Gasteiger partial charge is 2.00 e. The van der Waals surface area contributed by atoms with Crippen LogP contribution in [0, 0.1) is 27.7 Å².